The van der Waals surface area contributed by atoms with E-state index < -0.39 is 11.8 Å². The Morgan fingerprint density at radius 2 is 1.92 bits per heavy atom. The van der Waals surface area contributed by atoms with Crippen LogP contribution in [0.25, 0.3) is 21.9 Å². The summed E-state index contributed by atoms with van der Waals surface area (Å²) in [7, 11) is 0. The molecular weight excluding hydrogens is 460 g/mol. The Balaban J connectivity index is 1.15. The smallest absolute Gasteiger partial charge is 0.449 e. The fourth-order valence-corrected chi connectivity index (χ4v) is 4.87. The zero-order valence-corrected chi connectivity index (χ0v) is 19.7. The molecule has 5 rings (SSSR count). The third-order valence-corrected chi connectivity index (χ3v) is 6.68. The van der Waals surface area contributed by atoms with Crippen molar-refractivity contribution in [2.75, 3.05) is 37.6 Å². The van der Waals surface area contributed by atoms with E-state index in [1.807, 2.05) is 18.3 Å². The molecule has 4 aromatic rings. The van der Waals surface area contributed by atoms with Crippen molar-refractivity contribution in [3.05, 3.63) is 70.2 Å². The van der Waals surface area contributed by atoms with Gasteiger partial charge in [-0.25, -0.2) is 9.59 Å². The molecule has 36 heavy (non-hydrogen) atoms. The zero-order chi connectivity index (χ0) is 25.1. The Hall–Kier alpha value is -4.29. The van der Waals surface area contributed by atoms with Gasteiger partial charge in [-0.15, -0.1) is 0 Å². The largest absolute Gasteiger partial charge is 0.511 e. The van der Waals surface area contributed by atoms with Crippen LogP contribution in [0.15, 0.2) is 57.9 Å². The van der Waals surface area contributed by atoms with E-state index in [2.05, 4.69) is 20.9 Å². The summed E-state index contributed by atoms with van der Waals surface area (Å²) in [5.74, 6) is 0.322. The lowest BCUT2D eigenvalue weighted by Gasteiger charge is -2.36. The number of aryl methyl sites for hydroxylation is 1. The number of nitrogens with zero attached hydrogens (tertiary/aromatic N) is 3. The van der Waals surface area contributed by atoms with Crippen molar-refractivity contribution in [2.24, 2.45) is 0 Å². The minimum atomic E-state index is -1.32. The highest BCUT2D eigenvalue weighted by atomic mass is 16.7. The van der Waals surface area contributed by atoms with Crippen molar-refractivity contribution in [1.29, 1.82) is 5.26 Å². The van der Waals surface area contributed by atoms with Crippen LogP contribution in [0.2, 0.25) is 0 Å². The zero-order valence-electron chi connectivity index (χ0n) is 19.7. The third-order valence-electron chi connectivity index (χ3n) is 6.68. The molecule has 9 nitrogen and oxygen atoms in total. The van der Waals surface area contributed by atoms with Crippen LogP contribution in [0.3, 0.4) is 0 Å². The van der Waals surface area contributed by atoms with Gasteiger partial charge in [0.05, 0.1) is 17.3 Å². The minimum Gasteiger partial charge on any atom is -0.449 e. The van der Waals surface area contributed by atoms with Crippen LogP contribution in [0.1, 0.15) is 24.0 Å². The maximum atomic E-state index is 12.1. The van der Waals surface area contributed by atoms with Crippen LogP contribution in [0.5, 0.6) is 5.75 Å². The summed E-state index contributed by atoms with van der Waals surface area (Å²) >= 11 is 0. The van der Waals surface area contributed by atoms with Crippen LogP contribution in [-0.2, 0) is 6.42 Å². The predicted molar refractivity (Wildman–Crippen MR) is 136 cm³/mol. The summed E-state index contributed by atoms with van der Waals surface area (Å²) in [6, 6.07) is 14.1. The number of ether oxygens (including phenoxy) is 1. The quantitative estimate of drug-likeness (QED) is 0.171. The molecule has 0 unspecified atom stereocenters. The maximum Gasteiger partial charge on any atom is 0.511 e. The number of nitriles is 1. The first-order chi connectivity index (χ1) is 17.5. The molecule has 0 saturated carbocycles. The number of hydrogen-bond acceptors (Lipinski definition) is 7. The Labute approximate surface area is 207 Å². The van der Waals surface area contributed by atoms with Gasteiger partial charge in [-0.2, -0.15) is 5.26 Å². The van der Waals surface area contributed by atoms with Crippen LogP contribution >= 0.6 is 0 Å². The van der Waals surface area contributed by atoms with E-state index in [-0.39, 0.29) is 0 Å². The third kappa shape index (κ3) is 5.04. The number of fused-ring (bicyclic) bond motifs is 2. The SMILES string of the molecule is N#Cc1ccc2c(N3CCN(CCCCc4c[nH]c5ccc(OC(=O)O)cc45)CC3)cc(=O)oc2c1. The average Bonchev–Trinajstić information content (AvgIpc) is 3.28. The van der Waals surface area contributed by atoms with E-state index in [1.54, 1.807) is 24.3 Å². The summed E-state index contributed by atoms with van der Waals surface area (Å²) in [6.07, 6.45) is 3.63. The highest BCUT2D eigenvalue weighted by Gasteiger charge is 2.20. The first kappa shape index (κ1) is 23.5. The number of aromatic amines is 1. The predicted octanol–water partition coefficient (Wildman–Crippen LogP) is 4.35. The number of piperazine rings is 1. The van der Waals surface area contributed by atoms with Gasteiger partial charge in [-0.1, -0.05) is 0 Å². The highest BCUT2D eigenvalue weighted by molar-refractivity contribution is 5.91. The molecular formula is C27H26N4O5. The molecule has 1 aliphatic heterocycles. The Morgan fingerprint density at radius 1 is 1.08 bits per heavy atom. The Bertz CT molecular complexity index is 1510. The average molecular weight is 487 g/mol. The number of anilines is 1. The summed E-state index contributed by atoms with van der Waals surface area (Å²) in [5, 5.41) is 19.8. The van der Waals surface area contributed by atoms with Gasteiger partial charge in [0.25, 0.3) is 0 Å². The lowest BCUT2D eigenvalue weighted by atomic mass is 10.1. The minimum absolute atomic E-state index is 0.322. The first-order valence-electron chi connectivity index (χ1n) is 12.0. The van der Waals surface area contributed by atoms with E-state index in [0.717, 1.165) is 79.5 Å². The molecule has 184 valence electrons. The van der Waals surface area contributed by atoms with Gasteiger partial charge in [-0.05, 0) is 67.8 Å². The number of benzene rings is 2. The number of carboxylic acid groups (broad SMARTS) is 1. The molecule has 0 spiro atoms. The second-order valence-corrected chi connectivity index (χ2v) is 8.95. The summed E-state index contributed by atoms with van der Waals surface area (Å²) in [6.45, 7) is 4.43. The molecule has 0 amide bonds. The van der Waals surface area contributed by atoms with Gasteiger partial charge in [0.2, 0.25) is 0 Å². The molecule has 1 fully saturated rings. The number of unbranched alkanes of at least 4 members (excludes halogenated alkanes) is 1. The number of rotatable bonds is 7. The molecule has 1 saturated heterocycles. The van der Waals surface area contributed by atoms with Crippen LogP contribution in [-0.4, -0.2) is 53.9 Å². The maximum absolute atomic E-state index is 12.1. The fourth-order valence-electron chi connectivity index (χ4n) is 4.87. The van der Waals surface area contributed by atoms with Crippen molar-refractivity contribution < 1.29 is 19.1 Å². The standard InChI is InChI=1S/C27H26N4O5/c28-16-18-4-6-21-24(15-26(32)36-25(21)13-18)31-11-9-30(10-12-31)8-2-1-3-19-17-29-23-7-5-20(14-22(19)23)35-27(33)34/h4-7,13-15,17,29H,1-3,8-12H2,(H,33,34). The van der Waals surface area contributed by atoms with Crippen molar-refractivity contribution in [3.8, 4) is 11.8 Å². The van der Waals surface area contributed by atoms with Gasteiger partial charge >= 0.3 is 11.8 Å². The molecule has 2 N–H and O–H groups in total. The number of hydrogen-bond donors (Lipinski definition) is 2. The van der Waals surface area contributed by atoms with E-state index in [0.29, 0.717) is 16.9 Å². The van der Waals surface area contributed by atoms with Gasteiger partial charge in [0, 0.05) is 54.7 Å². The van der Waals surface area contributed by atoms with Gasteiger partial charge in [0.15, 0.2) is 0 Å². The molecule has 9 heteroatoms. The van der Waals surface area contributed by atoms with Gasteiger partial charge < -0.3 is 24.1 Å². The van der Waals surface area contributed by atoms with Crippen molar-refractivity contribution >= 4 is 33.7 Å². The van der Waals surface area contributed by atoms with Crippen molar-refractivity contribution in [3.63, 3.8) is 0 Å². The fraction of sp³-hybridized carbons (Fsp3) is 0.296. The second-order valence-electron chi connectivity index (χ2n) is 8.95. The summed E-state index contributed by atoms with van der Waals surface area (Å²) < 4.78 is 10.1. The molecule has 2 aromatic carbocycles. The molecule has 0 atom stereocenters. The number of H-pyrrole nitrogens is 1. The number of carbonyl (C=O) groups is 1. The van der Waals surface area contributed by atoms with E-state index in [1.165, 1.54) is 6.07 Å². The van der Waals surface area contributed by atoms with Gasteiger partial charge in [0.1, 0.15) is 11.3 Å². The van der Waals surface area contributed by atoms with Crippen molar-refractivity contribution in [2.45, 2.75) is 19.3 Å². The van der Waals surface area contributed by atoms with Crippen LogP contribution < -0.4 is 15.3 Å². The topological polar surface area (TPSA) is 123 Å². The second kappa shape index (κ2) is 10.1. The number of nitrogens with one attached hydrogen (secondary N) is 1. The first-order valence-corrected chi connectivity index (χ1v) is 12.0. The van der Waals surface area contributed by atoms with E-state index in [4.69, 9.17) is 19.5 Å². The lowest BCUT2D eigenvalue weighted by Crippen LogP contribution is -2.46. The molecule has 0 radical (unpaired) electrons. The molecule has 0 bridgehead atoms. The number of aromatic nitrogens is 1. The van der Waals surface area contributed by atoms with Crippen molar-refractivity contribution in [1.82, 2.24) is 9.88 Å². The van der Waals surface area contributed by atoms with E-state index in [9.17, 15) is 9.59 Å². The molecule has 2 aromatic heterocycles. The Kier molecular flexibility index (Phi) is 6.60. The monoisotopic (exact) mass is 486 g/mol. The van der Waals surface area contributed by atoms with Crippen LogP contribution in [0, 0.1) is 11.3 Å². The molecule has 0 aliphatic carbocycles. The van der Waals surface area contributed by atoms with E-state index >= 15 is 0 Å². The normalized spacial score (nSPS) is 14.2. The lowest BCUT2D eigenvalue weighted by molar-refractivity contribution is 0.144. The van der Waals surface area contributed by atoms with Gasteiger partial charge in [-0.3, -0.25) is 4.90 Å². The van der Waals surface area contributed by atoms with Crippen LogP contribution in [0.4, 0.5) is 10.5 Å². The Morgan fingerprint density at radius 3 is 2.69 bits per heavy atom. The molecule has 3 heterocycles. The highest BCUT2D eigenvalue weighted by Crippen LogP contribution is 2.28. The summed E-state index contributed by atoms with van der Waals surface area (Å²) in [5.41, 5.74) is 3.47. The summed E-state index contributed by atoms with van der Waals surface area (Å²) in [4.78, 5) is 30.8. The molecule has 1 aliphatic rings.